The minimum atomic E-state index is 0. The number of aliphatic imine (C=N–C) groups is 1. The molecule has 0 radical (unpaired) electrons. The summed E-state index contributed by atoms with van der Waals surface area (Å²) in [5, 5.41) is 3.45. The van der Waals surface area contributed by atoms with Crippen LogP contribution in [0.25, 0.3) is 0 Å². The van der Waals surface area contributed by atoms with Crippen LogP contribution in [0.4, 0.5) is 0 Å². The summed E-state index contributed by atoms with van der Waals surface area (Å²) in [5.41, 5.74) is 2.35. The molecule has 2 aromatic carbocycles. The highest BCUT2D eigenvalue weighted by molar-refractivity contribution is 14.0. The third-order valence-corrected chi connectivity index (χ3v) is 5.61. The van der Waals surface area contributed by atoms with Crippen LogP contribution in [0.2, 0.25) is 0 Å². The van der Waals surface area contributed by atoms with Gasteiger partial charge >= 0.3 is 0 Å². The number of ether oxygens (including phenoxy) is 3. The monoisotopic (exact) mass is 551 g/mol. The topological polar surface area (TPSA) is 55.3 Å². The van der Waals surface area contributed by atoms with Crippen LogP contribution in [0.15, 0.2) is 53.5 Å². The Hall–Kier alpha value is -2.00. The lowest BCUT2D eigenvalue weighted by Crippen LogP contribution is -2.40. The summed E-state index contributed by atoms with van der Waals surface area (Å²) in [6.45, 7) is 8.43. The maximum Gasteiger partial charge on any atom is 0.194 e. The Kier molecular flexibility index (Phi) is 9.92. The van der Waals surface area contributed by atoms with Gasteiger partial charge in [-0.1, -0.05) is 36.4 Å². The number of likely N-dealkylation sites (tertiary alicyclic amines) is 1. The molecular formula is C25H34IN3O3. The van der Waals surface area contributed by atoms with E-state index in [1.165, 1.54) is 5.56 Å². The summed E-state index contributed by atoms with van der Waals surface area (Å²) in [6.07, 6.45) is 2.04. The molecule has 2 heterocycles. The molecule has 32 heavy (non-hydrogen) atoms. The molecular weight excluding hydrogens is 517 g/mol. The van der Waals surface area contributed by atoms with E-state index in [-0.39, 0.29) is 24.0 Å². The minimum Gasteiger partial charge on any atom is -0.490 e. The first-order valence-corrected chi connectivity index (χ1v) is 11.4. The maximum absolute atomic E-state index is 5.97. The van der Waals surface area contributed by atoms with Gasteiger partial charge in [0.15, 0.2) is 17.5 Å². The summed E-state index contributed by atoms with van der Waals surface area (Å²) >= 11 is 0. The van der Waals surface area contributed by atoms with E-state index in [2.05, 4.69) is 53.5 Å². The molecule has 2 aromatic rings. The van der Waals surface area contributed by atoms with E-state index >= 15 is 0 Å². The summed E-state index contributed by atoms with van der Waals surface area (Å²) < 4.78 is 17.5. The number of benzene rings is 2. The number of hydrogen-bond donors (Lipinski definition) is 1. The molecule has 1 saturated heterocycles. The molecule has 0 spiro atoms. The Morgan fingerprint density at radius 1 is 1.09 bits per heavy atom. The first-order chi connectivity index (χ1) is 15.3. The van der Waals surface area contributed by atoms with E-state index in [0.717, 1.165) is 62.1 Å². The van der Waals surface area contributed by atoms with Gasteiger partial charge in [-0.15, -0.1) is 24.0 Å². The number of fused-ring (bicyclic) bond motifs is 1. The average molecular weight is 551 g/mol. The van der Waals surface area contributed by atoms with Crippen LogP contribution in [0.3, 0.4) is 0 Å². The van der Waals surface area contributed by atoms with Crippen LogP contribution < -0.4 is 14.8 Å². The largest absolute Gasteiger partial charge is 0.490 e. The van der Waals surface area contributed by atoms with Crippen LogP contribution >= 0.6 is 24.0 Å². The predicted molar refractivity (Wildman–Crippen MR) is 138 cm³/mol. The SMILES string of the molecule is CCNC(=NCc1ccc2c(c1)OCCCO2)N1CCC(COCc2ccccc2)C1.I. The van der Waals surface area contributed by atoms with Gasteiger partial charge in [-0.05, 0) is 36.6 Å². The van der Waals surface area contributed by atoms with Gasteiger partial charge in [0.1, 0.15) is 0 Å². The van der Waals surface area contributed by atoms with Gasteiger partial charge in [0.25, 0.3) is 0 Å². The summed E-state index contributed by atoms with van der Waals surface area (Å²) in [5.74, 6) is 3.16. The predicted octanol–water partition coefficient (Wildman–Crippen LogP) is 4.47. The number of nitrogens with zero attached hydrogens (tertiary/aromatic N) is 2. The lowest BCUT2D eigenvalue weighted by molar-refractivity contribution is 0.0906. The van der Waals surface area contributed by atoms with Gasteiger partial charge in [-0.2, -0.15) is 0 Å². The van der Waals surface area contributed by atoms with Crippen LogP contribution in [0.1, 0.15) is 30.9 Å². The molecule has 0 bridgehead atoms. The van der Waals surface area contributed by atoms with Gasteiger partial charge in [0.2, 0.25) is 0 Å². The van der Waals surface area contributed by atoms with Gasteiger partial charge in [0.05, 0.1) is 33.0 Å². The van der Waals surface area contributed by atoms with Crippen molar-refractivity contribution < 1.29 is 14.2 Å². The molecule has 1 unspecified atom stereocenters. The summed E-state index contributed by atoms with van der Waals surface area (Å²) in [7, 11) is 0. The van der Waals surface area contributed by atoms with Crippen molar-refractivity contribution in [2.24, 2.45) is 10.9 Å². The average Bonchev–Trinajstić information content (AvgIpc) is 3.14. The van der Waals surface area contributed by atoms with Crippen LogP contribution in [0, 0.1) is 5.92 Å². The third kappa shape index (κ3) is 7.00. The molecule has 0 saturated carbocycles. The number of hydrogen-bond acceptors (Lipinski definition) is 4. The highest BCUT2D eigenvalue weighted by Gasteiger charge is 2.25. The van der Waals surface area contributed by atoms with Crippen LogP contribution in [-0.2, 0) is 17.9 Å². The smallest absolute Gasteiger partial charge is 0.194 e. The lowest BCUT2D eigenvalue weighted by atomic mass is 10.1. The van der Waals surface area contributed by atoms with Crippen molar-refractivity contribution >= 4 is 29.9 Å². The fourth-order valence-electron chi connectivity index (χ4n) is 3.98. The van der Waals surface area contributed by atoms with E-state index in [4.69, 9.17) is 19.2 Å². The normalized spacial score (nSPS) is 18.1. The first kappa shape index (κ1) is 24.6. The fraction of sp³-hybridized carbons (Fsp3) is 0.480. The third-order valence-electron chi connectivity index (χ3n) is 5.61. The minimum absolute atomic E-state index is 0. The summed E-state index contributed by atoms with van der Waals surface area (Å²) in [4.78, 5) is 7.24. The molecule has 2 aliphatic rings. The molecule has 0 amide bonds. The molecule has 174 valence electrons. The van der Waals surface area contributed by atoms with Crippen LogP contribution in [-0.4, -0.2) is 50.3 Å². The Morgan fingerprint density at radius 2 is 1.91 bits per heavy atom. The quantitative estimate of drug-likeness (QED) is 0.313. The van der Waals surface area contributed by atoms with Crippen molar-refractivity contribution in [2.45, 2.75) is 32.9 Å². The van der Waals surface area contributed by atoms with Crippen molar-refractivity contribution in [1.29, 1.82) is 0 Å². The Balaban J connectivity index is 0.00000289. The van der Waals surface area contributed by atoms with Crippen molar-refractivity contribution in [3.05, 3.63) is 59.7 Å². The second-order valence-electron chi connectivity index (χ2n) is 8.10. The Morgan fingerprint density at radius 3 is 2.72 bits per heavy atom. The zero-order chi connectivity index (χ0) is 21.3. The Bertz CT molecular complexity index is 863. The van der Waals surface area contributed by atoms with Gasteiger partial charge in [-0.25, -0.2) is 4.99 Å². The summed E-state index contributed by atoms with van der Waals surface area (Å²) in [6, 6.07) is 16.5. The van der Waals surface area contributed by atoms with Crippen molar-refractivity contribution in [2.75, 3.05) is 39.5 Å². The maximum atomic E-state index is 5.97. The lowest BCUT2D eigenvalue weighted by Gasteiger charge is -2.22. The molecule has 1 fully saturated rings. The number of rotatable bonds is 7. The molecule has 1 N–H and O–H groups in total. The molecule has 0 aromatic heterocycles. The zero-order valence-corrected chi connectivity index (χ0v) is 21.1. The molecule has 7 heteroatoms. The molecule has 2 aliphatic heterocycles. The van der Waals surface area contributed by atoms with Crippen LogP contribution in [0.5, 0.6) is 11.5 Å². The highest BCUT2D eigenvalue weighted by atomic mass is 127. The number of nitrogens with one attached hydrogen (secondary N) is 1. The van der Waals surface area contributed by atoms with Crippen molar-refractivity contribution in [1.82, 2.24) is 10.2 Å². The standard InChI is InChI=1S/C25H33N3O3.HI/c1-2-26-25(27-16-21-9-10-23-24(15-21)31-14-6-13-30-23)28-12-11-22(17-28)19-29-18-20-7-4-3-5-8-20;/h3-5,7-10,15,22H,2,6,11-14,16-19H2,1H3,(H,26,27);1H. The highest BCUT2D eigenvalue weighted by Crippen LogP contribution is 2.30. The van der Waals surface area contributed by atoms with E-state index < -0.39 is 0 Å². The van der Waals surface area contributed by atoms with Crippen molar-refractivity contribution in [3.63, 3.8) is 0 Å². The van der Waals surface area contributed by atoms with E-state index in [1.54, 1.807) is 0 Å². The van der Waals surface area contributed by atoms with Gasteiger partial charge in [-0.3, -0.25) is 0 Å². The van der Waals surface area contributed by atoms with Gasteiger partial charge < -0.3 is 24.4 Å². The molecule has 0 aliphatic carbocycles. The number of guanidine groups is 1. The molecule has 4 rings (SSSR count). The van der Waals surface area contributed by atoms with Gasteiger partial charge in [0, 0.05) is 32.0 Å². The zero-order valence-electron chi connectivity index (χ0n) is 18.8. The number of halogens is 1. The van der Waals surface area contributed by atoms with E-state index in [0.29, 0.717) is 32.3 Å². The van der Waals surface area contributed by atoms with E-state index in [9.17, 15) is 0 Å². The Labute approximate surface area is 208 Å². The van der Waals surface area contributed by atoms with Crippen molar-refractivity contribution in [3.8, 4) is 11.5 Å². The fourth-order valence-corrected chi connectivity index (χ4v) is 3.98. The molecule has 6 nitrogen and oxygen atoms in total. The second-order valence-corrected chi connectivity index (χ2v) is 8.10. The molecule has 1 atom stereocenters. The van der Waals surface area contributed by atoms with E-state index in [1.807, 2.05) is 12.1 Å². The second kappa shape index (κ2) is 12.9. The first-order valence-electron chi connectivity index (χ1n) is 11.4.